The van der Waals surface area contributed by atoms with E-state index in [1.807, 2.05) is 0 Å². The van der Waals surface area contributed by atoms with Gasteiger partial charge in [0, 0.05) is 25.6 Å². The molecule has 106 valence electrons. The van der Waals surface area contributed by atoms with Crippen molar-refractivity contribution in [3.8, 4) is 17.1 Å². The highest BCUT2D eigenvalue weighted by atomic mass is 19.1. The summed E-state index contributed by atoms with van der Waals surface area (Å²) in [5.74, 6) is -0.596. The number of pyridine rings is 1. The van der Waals surface area contributed by atoms with Gasteiger partial charge in [-0.2, -0.15) is 5.10 Å². The average Bonchev–Trinajstić information content (AvgIpc) is 2.75. The molecule has 0 aliphatic carbocycles. The first-order valence-electron chi connectivity index (χ1n) is 6.33. The summed E-state index contributed by atoms with van der Waals surface area (Å²) in [6, 6.07) is 9.48. The molecule has 3 rings (SSSR count). The molecule has 0 spiro atoms. The first-order valence-corrected chi connectivity index (χ1v) is 6.33. The number of ether oxygens (including phenoxy) is 1. The van der Waals surface area contributed by atoms with Crippen LogP contribution < -0.4 is 4.74 Å². The molecule has 0 fully saturated rings. The van der Waals surface area contributed by atoms with Gasteiger partial charge in [0.15, 0.2) is 0 Å². The Morgan fingerprint density at radius 2 is 2.10 bits per heavy atom. The molecule has 0 aliphatic heterocycles. The molecule has 0 bridgehead atoms. The maximum absolute atomic E-state index is 13.4. The Morgan fingerprint density at radius 3 is 2.81 bits per heavy atom. The van der Waals surface area contributed by atoms with Crippen LogP contribution in [0.3, 0.4) is 0 Å². The summed E-state index contributed by atoms with van der Waals surface area (Å²) < 4.78 is 20.0. The number of benzene rings is 1. The summed E-state index contributed by atoms with van der Waals surface area (Å²) in [6.07, 6.45) is 0. The number of hydrogen-bond acceptors (Lipinski definition) is 4. The first kappa shape index (κ1) is 13.2. The number of fused-ring (bicyclic) bond motifs is 1. The number of aryl methyl sites for hydroxylation is 1. The fraction of sp³-hybridized carbons (Fsp3) is 0.133. The van der Waals surface area contributed by atoms with Crippen LogP contribution in [-0.4, -0.2) is 20.7 Å². The lowest BCUT2D eigenvalue weighted by atomic mass is 10.1. The van der Waals surface area contributed by atoms with Crippen LogP contribution in [0.1, 0.15) is 6.92 Å². The lowest BCUT2D eigenvalue weighted by Gasteiger charge is -2.01. The molecule has 5 nitrogen and oxygen atoms in total. The Hall–Kier alpha value is -2.76. The van der Waals surface area contributed by atoms with Gasteiger partial charge in [0.25, 0.3) is 0 Å². The third-order valence-electron chi connectivity index (χ3n) is 3.02. The van der Waals surface area contributed by atoms with Crippen LogP contribution in [0.5, 0.6) is 5.88 Å². The second-order valence-corrected chi connectivity index (χ2v) is 4.59. The van der Waals surface area contributed by atoms with Crippen LogP contribution in [0.15, 0.2) is 36.4 Å². The number of carbonyl (C=O) groups is 1. The number of nitrogens with zero attached hydrogens (tertiary/aromatic N) is 3. The third kappa shape index (κ3) is 2.47. The summed E-state index contributed by atoms with van der Waals surface area (Å²) in [5.41, 5.74) is 2.49. The minimum Gasteiger partial charge on any atom is -0.408 e. The molecule has 6 heteroatoms. The van der Waals surface area contributed by atoms with Crippen molar-refractivity contribution in [2.24, 2.45) is 7.05 Å². The third-order valence-corrected chi connectivity index (χ3v) is 3.02. The van der Waals surface area contributed by atoms with Crippen molar-refractivity contribution in [3.63, 3.8) is 0 Å². The van der Waals surface area contributed by atoms with Gasteiger partial charge in [-0.25, -0.2) is 9.37 Å². The van der Waals surface area contributed by atoms with E-state index in [9.17, 15) is 9.18 Å². The molecular weight excluding hydrogens is 273 g/mol. The number of hydrogen-bond donors (Lipinski definition) is 0. The van der Waals surface area contributed by atoms with Crippen molar-refractivity contribution in [1.29, 1.82) is 0 Å². The smallest absolute Gasteiger partial charge is 0.309 e. The fourth-order valence-corrected chi connectivity index (χ4v) is 2.15. The number of rotatable bonds is 2. The lowest BCUT2D eigenvalue weighted by Crippen LogP contribution is -2.02. The summed E-state index contributed by atoms with van der Waals surface area (Å²) >= 11 is 0. The van der Waals surface area contributed by atoms with Crippen LogP contribution in [0.2, 0.25) is 0 Å². The quantitative estimate of drug-likeness (QED) is 0.679. The Kier molecular flexibility index (Phi) is 3.13. The lowest BCUT2D eigenvalue weighted by molar-refractivity contribution is -0.132. The van der Waals surface area contributed by atoms with Gasteiger partial charge in [-0.1, -0.05) is 12.1 Å². The molecule has 0 saturated heterocycles. The van der Waals surface area contributed by atoms with Crippen molar-refractivity contribution in [2.45, 2.75) is 6.92 Å². The van der Waals surface area contributed by atoms with Crippen molar-refractivity contribution < 1.29 is 13.9 Å². The molecule has 0 N–H and O–H groups in total. The largest absolute Gasteiger partial charge is 0.408 e. The summed E-state index contributed by atoms with van der Waals surface area (Å²) in [7, 11) is 1.78. The summed E-state index contributed by atoms with van der Waals surface area (Å²) in [6.45, 7) is 1.31. The number of halogens is 1. The molecule has 2 aromatic heterocycles. The predicted molar refractivity (Wildman–Crippen MR) is 75.2 cm³/mol. The molecule has 2 heterocycles. The van der Waals surface area contributed by atoms with Gasteiger partial charge in [0.1, 0.15) is 17.0 Å². The fourth-order valence-electron chi connectivity index (χ4n) is 2.15. The summed E-state index contributed by atoms with van der Waals surface area (Å²) in [5, 5.41) is 4.37. The molecule has 0 unspecified atom stereocenters. The Bertz CT molecular complexity index is 842. The molecule has 0 aliphatic rings. The molecule has 0 radical (unpaired) electrons. The van der Waals surface area contributed by atoms with E-state index in [1.54, 1.807) is 36.0 Å². The minimum absolute atomic E-state index is 0.195. The maximum Gasteiger partial charge on any atom is 0.309 e. The molecule has 1 aromatic carbocycles. The second kappa shape index (κ2) is 4.97. The van der Waals surface area contributed by atoms with Crippen LogP contribution in [0.4, 0.5) is 4.39 Å². The number of esters is 1. The standard InChI is InChI=1S/C15H12FN3O2/c1-9(20)21-13-7-6-12-15(17-13)14(18-19(12)2)10-4-3-5-11(16)8-10/h3-8H,1-2H3. The van der Waals surface area contributed by atoms with Crippen LogP contribution in [0, 0.1) is 5.82 Å². The monoisotopic (exact) mass is 285 g/mol. The van der Waals surface area contributed by atoms with Crippen molar-refractivity contribution in [2.75, 3.05) is 0 Å². The van der Waals surface area contributed by atoms with Gasteiger partial charge in [-0.15, -0.1) is 0 Å². The van der Waals surface area contributed by atoms with Crippen molar-refractivity contribution in [3.05, 3.63) is 42.2 Å². The maximum atomic E-state index is 13.4. The predicted octanol–water partition coefficient (Wildman–Crippen LogP) is 2.70. The van der Waals surface area contributed by atoms with E-state index in [2.05, 4.69) is 10.1 Å². The van der Waals surface area contributed by atoms with Crippen LogP contribution >= 0.6 is 0 Å². The molecule has 0 saturated carbocycles. The van der Waals surface area contributed by atoms with Crippen molar-refractivity contribution in [1.82, 2.24) is 14.8 Å². The molecular formula is C15H12FN3O2. The van der Waals surface area contributed by atoms with Gasteiger partial charge in [-0.05, 0) is 18.2 Å². The minimum atomic E-state index is -0.446. The number of carbonyl (C=O) groups excluding carboxylic acids is 1. The highest BCUT2D eigenvalue weighted by molar-refractivity contribution is 5.90. The number of aromatic nitrogens is 3. The van der Waals surface area contributed by atoms with Gasteiger partial charge in [-0.3, -0.25) is 9.48 Å². The second-order valence-electron chi connectivity index (χ2n) is 4.59. The van der Waals surface area contributed by atoms with E-state index < -0.39 is 5.97 Å². The molecule has 0 atom stereocenters. The Labute approximate surface area is 120 Å². The molecule has 0 amide bonds. The average molecular weight is 285 g/mol. The van der Waals surface area contributed by atoms with E-state index >= 15 is 0 Å². The Morgan fingerprint density at radius 1 is 1.29 bits per heavy atom. The zero-order chi connectivity index (χ0) is 15.0. The van der Waals surface area contributed by atoms with E-state index in [1.165, 1.54) is 19.1 Å². The zero-order valence-electron chi connectivity index (χ0n) is 11.5. The zero-order valence-corrected chi connectivity index (χ0v) is 11.5. The van der Waals surface area contributed by atoms with E-state index in [-0.39, 0.29) is 11.7 Å². The van der Waals surface area contributed by atoms with Gasteiger partial charge in [0.2, 0.25) is 5.88 Å². The van der Waals surface area contributed by atoms with Gasteiger partial charge >= 0.3 is 5.97 Å². The van der Waals surface area contributed by atoms with E-state index in [0.29, 0.717) is 16.8 Å². The van der Waals surface area contributed by atoms with Gasteiger partial charge in [0.05, 0.1) is 5.52 Å². The van der Waals surface area contributed by atoms with E-state index in [4.69, 9.17) is 4.74 Å². The first-order chi connectivity index (χ1) is 10.0. The van der Waals surface area contributed by atoms with Gasteiger partial charge < -0.3 is 4.74 Å². The van der Waals surface area contributed by atoms with Crippen LogP contribution in [0.25, 0.3) is 22.3 Å². The highest BCUT2D eigenvalue weighted by Gasteiger charge is 2.14. The SMILES string of the molecule is CC(=O)Oc1ccc2c(n1)c(-c1cccc(F)c1)nn2C. The highest BCUT2D eigenvalue weighted by Crippen LogP contribution is 2.28. The van der Waals surface area contributed by atoms with Crippen molar-refractivity contribution >= 4 is 17.0 Å². The van der Waals surface area contributed by atoms with E-state index in [0.717, 1.165) is 5.52 Å². The van der Waals surface area contributed by atoms with Crippen LogP contribution in [-0.2, 0) is 11.8 Å². The molecule has 21 heavy (non-hydrogen) atoms. The normalized spacial score (nSPS) is 10.8. The summed E-state index contributed by atoms with van der Waals surface area (Å²) in [4.78, 5) is 15.3. The Balaban J connectivity index is 2.20. The molecule has 3 aromatic rings. The topological polar surface area (TPSA) is 57.0 Å².